The smallest absolute Gasteiger partial charge is 0.320 e. The van der Waals surface area contributed by atoms with E-state index in [2.05, 4.69) is 26.1 Å². The van der Waals surface area contributed by atoms with Crippen molar-refractivity contribution in [3.05, 3.63) is 29.8 Å². The van der Waals surface area contributed by atoms with Crippen LogP contribution in [-0.2, 0) is 15.0 Å². The molecule has 1 atom stereocenters. The number of carbonyl (C=O) groups is 2. The average Bonchev–Trinajstić information content (AvgIpc) is 3.28. The van der Waals surface area contributed by atoms with Crippen LogP contribution in [0.1, 0.15) is 46.1 Å². The lowest BCUT2D eigenvalue weighted by molar-refractivity contribution is -0.143. The molecule has 1 fully saturated rings. The van der Waals surface area contributed by atoms with Gasteiger partial charge in [0.2, 0.25) is 5.91 Å². The Morgan fingerprint density at radius 2 is 1.83 bits per heavy atom. The molecular weight excluding hydrogens is 292 g/mol. The van der Waals surface area contributed by atoms with Crippen LogP contribution in [0.5, 0.6) is 0 Å². The average molecular weight is 318 g/mol. The van der Waals surface area contributed by atoms with E-state index < -0.39 is 12.0 Å². The monoisotopic (exact) mass is 318 g/mol. The third-order valence-electron chi connectivity index (χ3n) is 4.23. The predicted molar refractivity (Wildman–Crippen MR) is 90.6 cm³/mol. The minimum atomic E-state index is -0.890. The van der Waals surface area contributed by atoms with Gasteiger partial charge in [0.05, 0.1) is 6.54 Å². The molecule has 0 radical (unpaired) electrons. The topological polar surface area (TPSA) is 69.6 Å². The normalized spacial score (nSPS) is 16.2. The highest BCUT2D eigenvalue weighted by atomic mass is 16.4. The minimum Gasteiger partial charge on any atom is -0.480 e. The lowest BCUT2D eigenvalue weighted by atomic mass is 9.87. The molecule has 1 aromatic rings. The fourth-order valence-electron chi connectivity index (χ4n) is 2.55. The Balaban J connectivity index is 1.97. The summed E-state index contributed by atoms with van der Waals surface area (Å²) in [6.07, 6.45) is 1.93. The Kier molecular flexibility index (Phi) is 5.09. The van der Waals surface area contributed by atoms with Crippen molar-refractivity contribution in [3.63, 3.8) is 0 Å². The zero-order valence-electron chi connectivity index (χ0n) is 14.3. The van der Waals surface area contributed by atoms with Crippen LogP contribution in [0.25, 0.3) is 0 Å². The Labute approximate surface area is 137 Å². The Hall–Kier alpha value is -1.88. The fourth-order valence-corrected chi connectivity index (χ4v) is 2.55. The standard InChI is InChI=1S/C18H26N2O3/c1-12(17(22)23)20(15-9-10-15)11-16(21)19-14-7-5-13(6-8-14)18(2,3)4/h5-8,12,15H,9-11H2,1-4H3,(H,19,21)(H,22,23). The van der Waals surface area contributed by atoms with Crippen LogP contribution < -0.4 is 5.32 Å². The van der Waals surface area contributed by atoms with Crippen LogP contribution in [0.3, 0.4) is 0 Å². The number of nitrogens with zero attached hydrogens (tertiary/aromatic N) is 1. The van der Waals surface area contributed by atoms with E-state index in [9.17, 15) is 9.59 Å². The molecule has 2 rings (SSSR count). The lowest BCUT2D eigenvalue weighted by Gasteiger charge is -2.25. The molecule has 0 aromatic heterocycles. The zero-order valence-corrected chi connectivity index (χ0v) is 14.3. The zero-order chi connectivity index (χ0) is 17.2. The number of carboxylic acid groups (broad SMARTS) is 1. The molecule has 1 aliphatic carbocycles. The van der Waals surface area contributed by atoms with Gasteiger partial charge in [0, 0.05) is 11.7 Å². The van der Waals surface area contributed by atoms with Crippen molar-refractivity contribution >= 4 is 17.6 Å². The second kappa shape index (κ2) is 6.71. The van der Waals surface area contributed by atoms with Crippen molar-refractivity contribution in [2.24, 2.45) is 0 Å². The van der Waals surface area contributed by atoms with E-state index in [1.54, 1.807) is 11.8 Å². The molecule has 126 valence electrons. The highest BCUT2D eigenvalue weighted by Gasteiger charge is 2.36. The summed E-state index contributed by atoms with van der Waals surface area (Å²) in [6, 6.07) is 7.37. The van der Waals surface area contributed by atoms with Gasteiger partial charge in [-0.1, -0.05) is 32.9 Å². The molecule has 0 bridgehead atoms. The van der Waals surface area contributed by atoms with E-state index in [0.717, 1.165) is 18.5 Å². The third-order valence-corrected chi connectivity index (χ3v) is 4.23. The van der Waals surface area contributed by atoms with Gasteiger partial charge in [-0.15, -0.1) is 0 Å². The molecule has 2 N–H and O–H groups in total. The molecule has 1 aromatic carbocycles. The van der Waals surface area contributed by atoms with Gasteiger partial charge in [0.1, 0.15) is 6.04 Å². The van der Waals surface area contributed by atoms with Crippen molar-refractivity contribution < 1.29 is 14.7 Å². The molecule has 1 unspecified atom stereocenters. The van der Waals surface area contributed by atoms with Crippen LogP contribution in [0, 0.1) is 0 Å². The summed E-state index contributed by atoms with van der Waals surface area (Å²) in [5.74, 6) is -1.06. The molecule has 1 amide bonds. The molecular formula is C18H26N2O3. The van der Waals surface area contributed by atoms with E-state index >= 15 is 0 Å². The molecule has 0 aliphatic heterocycles. The first-order chi connectivity index (χ1) is 10.7. The Morgan fingerprint density at radius 3 is 2.26 bits per heavy atom. The van der Waals surface area contributed by atoms with Gasteiger partial charge in [0.25, 0.3) is 0 Å². The summed E-state index contributed by atoms with van der Waals surface area (Å²) in [6.45, 7) is 8.16. The quantitative estimate of drug-likeness (QED) is 0.846. The van der Waals surface area contributed by atoms with Crippen LogP contribution in [0.2, 0.25) is 0 Å². The minimum absolute atomic E-state index is 0.0717. The van der Waals surface area contributed by atoms with Gasteiger partial charge < -0.3 is 10.4 Å². The molecule has 0 spiro atoms. The second-order valence-electron chi connectivity index (χ2n) is 7.29. The highest BCUT2D eigenvalue weighted by Crippen LogP contribution is 2.28. The number of amides is 1. The molecule has 5 heteroatoms. The van der Waals surface area contributed by atoms with Crippen molar-refractivity contribution in [1.82, 2.24) is 4.90 Å². The van der Waals surface area contributed by atoms with Gasteiger partial charge in [0.15, 0.2) is 0 Å². The molecule has 1 aliphatic rings. The van der Waals surface area contributed by atoms with E-state index in [0.29, 0.717) is 0 Å². The highest BCUT2D eigenvalue weighted by molar-refractivity contribution is 5.92. The Morgan fingerprint density at radius 1 is 1.26 bits per heavy atom. The third kappa shape index (κ3) is 4.79. The molecule has 0 heterocycles. The molecule has 23 heavy (non-hydrogen) atoms. The summed E-state index contributed by atoms with van der Waals surface area (Å²) < 4.78 is 0. The Bertz CT molecular complexity index is 571. The molecule has 0 saturated heterocycles. The number of aliphatic carboxylic acids is 1. The fraction of sp³-hybridized carbons (Fsp3) is 0.556. The van der Waals surface area contributed by atoms with E-state index in [4.69, 9.17) is 5.11 Å². The summed E-state index contributed by atoms with van der Waals surface area (Å²) in [7, 11) is 0. The summed E-state index contributed by atoms with van der Waals surface area (Å²) in [5, 5.41) is 12.0. The van der Waals surface area contributed by atoms with Gasteiger partial charge in [-0.05, 0) is 42.9 Å². The number of anilines is 1. The number of hydrogen-bond acceptors (Lipinski definition) is 3. The summed E-state index contributed by atoms with van der Waals surface area (Å²) in [5.41, 5.74) is 2.01. The van der Waals surface area contributed by atoms with Crippen LogP contribution in [0.4, 0.5) is 5.69 Å². The van der Waals surface area contributed by atoms with Crippen LogP contribution in [-0.4, -0.2) is 40.5 Å². The SMILES string of the molecule is CC(C(=O)O)N(CC(=O)Nc1ccc(C(C)(C)C)cc1)C1CC1. The van der Waals surface area contributed by atoms with E-state index in [1.165, 1.54) is 5.56 Å². The number of carboxylic acids is 1. The largest absolute Gasteiger partial charge is 0.480 e. The first-order valence-electron chi connectivity index (χ1n) is 8.07. The number of nitrogens with one attached hydrogen (secondary N) is 1. The number of benzene rings is 1. The number of hydrogen-bond donors (Lipinski definition) is 2. The second-order valence-corrected chi connectivity index (χ2v) is 7.29. The first kappa shape index (κ1) is 17.5. The van der Waals surface area contributed by atoms with E-state index in [-0.39, 0.29) is 23.9 Å². The molecule has 5 nitrogen and oxygen atoms in total. The van der Waals surface area contributed by atoms with Crippen molar-refractivity contribution in [1.29, 1.82) is 0 Å². The maximum Gasteiger partial charge on any atom is 0.320 e. The van der Waals surface area contributed by atoms with Gasteiger partial charge in [-0.25, -0.2) is 0 Å². The molecule has 1 saturated carbocycles. The van der Waals surface area contributed by atoms with Crippen LogP contribution >= 0.6 is 0 Å². The number of rotatable bonds is 6. The van der Waals surface area contributed by atoms with Crippen LogP contribution in [0.15, 0.2) is 24.3 Å². The van der Waals surface area contributed by atoms with Gasteiger partial charge in [-0.2, -0.15) is 0 Å². The van der Waals surface area contributed by atoms with Crippen molar-refractivity contribution in [2.75, 3.05) is 11.9 Å². The predicted octanol–water partition coefficient (Wildman–Crippen LogP) is 2.86. The van der Waals surface area contributed by atoms with Crippen molar-refractivity contribution in [3.8, 4) is 0 Å². The maximum absolute atomic E-state index is 12.2. The summed E-state index contributed by atoms with van der Waals surface area (Å²) in [4.78, 5) is 25.2. The first-order valence-corrected chi connectivity index (χ1v) is 8.07. The van der Waals surface area contributed by atoms with Gasteiger partial charge in [-0.3, -0.25) is 14.5 Å². The summed E-state index contributed by atoms with van der Waals surface area (Å²) >= 11 is 0. The maximum atomic E-state index is 12.2. The lowest BCUT2D eigenvalue weighted by Crippen LogP contribution is -2.44. The van der Waals surface area contributed by atoms with Gasteiger partial charge >= 0.3 is 5.97 Å². The number of carbonyl (C=O) groups excluding carboxylic acids is 1. The van der Waals surface area contributed by atoms with E-state index in [1.807, 2.05) is 24.3 Å². The van der Waals surface area contributed by atoms with Crippen molar-refractivity contribution in [2.45, 2.75) is 58.0 Å².